The smallest absolute Gasteiger partial charge is 0.272 e. The molecule has 1 N–H and O–H groups in total. The number of aromatic nitrogens is 2. The summed E-state index contributed by atoms with van der Waals surface area (Å²) < 4.78 is 5.77. The van der Waals surface area contributed by atoms with Crippen LogP contribution in [0.5, 0.6) is 0 Å². The summed E-state index contributed by atoms with van der Waals surface area (Å²) in [5.41, 5.74) is 0.125. The molecule has 1 aliphatic rings. The number of likely N-dealkylation sites (tertiary alicyclic amines) is 1. The number of hydrogen-bond acceptors (Lipinski definition) is 7. The average Bonchev–Trinajstić information content (AvgIpc) is 3.28. The number of unbranched alkanes of at least 4 members (excludes halogenated alkanes) is 1. The van der Waals surface area contributed by atoms with Gasteiger partial charge >= 0.3 is 0 Å². The second kappa shape index (κ2) is 14.2. The number of carbonyl (C=O) groups is 4. The first-order valence-electron chi connectivity index (χ1n) is 13.1. The van der Waals surface area contributed by atoms with Crippen LogP contribution in [-0.4, -0.2) is 69.6 Å². The highest BCUT2D eigenvalue weighted by Gasteiger charge is 2.43. The van der Waals surface area contributed by atoms with Crippen molar-refractivity contribution in [3.05, 3.63) is 24.3 Å². The SMILES string of the molecule is CCCCC(=O)C1CC(OCC)CN1C(=O)C(CC(=O)C(NC(=O)c1cnccn1)C(C)C)C(C)C. The lowest BCUT2D eigenvalue weighted by atomic mass is 9.85. The van der Waals surface area contributed by atoms with Gasteiger partial charge in [0, 0.05) is 50.7 Å². The highest BCUT2D eigenvalue weighted by atomic mass is 16.5. The van der Waals surface area contributed by atoms with Crippen LogP contribution in [0, 0.1) is 17.8 Å². The molecule has 9 nitrogen and oxygen atoms in total. The van der Waals surface area contributed by atoms with Crippen LogP contribution in [0.3, 0.4) is 0 Å². The van der Waals surface area contributed by atoms with Crippen LogP contribution in [0.25, 0.3) is 0 Å². The van der Waals surface area contributed by atoms with Gasteiger partial charge in [-0.25, -0.2) is 4.98 Å². The van der Waals surface area contributed by atoms with Gasteiger partial charge in [0.2, 0.25) is 5.91 Å². The van der Waals surface area contributed by atoms with Crippen molar-refractivity contribution in [2.75, 3.05) is 13.2 Å². The molecule has 0 aromatic carbocycles. The molecule has 4 unspecified atom stereocenters. The van der Waals surface area contributed by atoms with Gasteiger partial charge in [0.15, 0.2) is 11.6 Å². The van der Waals surface area contributed by atoms with Gasteiger partial charge in [-0.3, -0.25) is 24.2 Å². The number of carbonyl (C=O) groups excluding carboxylic acids is 4. The van der Waals surface area contributed by atoms with Gasteiger partial charge in [0.25, 0.3) is 5.91 Å². The van der Waals surface area contributed by atoms with E-state index in [1.54, 1.807) is 4.90 Å². The van der Waals surface area contributed by atoms with Crippen LogP contribution in [-0.2, 0) is 19.1 Å². The standard InChI is InChI=1S/C27H42N4O5/c1-7-9-10-23(32)22-13-19(36-8-2)16-31(22)27(35)20(17(3)4)14-24(33)25(18(5)6)30-26(34)21-15-28-11-12-29-21/h11-12,15,17-20,22,25H,7-10,13-14,16H2,1-6H3,(H,30,34). The van der Waals surface area contributed by atoms with E-state index in [0.717, 1.165) is 12.8 Å². The predicted molar refractivity (Wildman–Crippen MR) is 136 cm³/mol. The van der Waals surface area contributed by atoms with Crippen molar-refractivity contribution in [3.8, 4) is 0 Å². The Bertz CT molecular complexity index is 889. The molecule has 1 aromatic rings. The zero-order valence-corrected chi connectivity index (χ0v) is 22.5. The summed E-state index contributed by atoms with van der Waals surface area (Å²) in [5.74, 6) is -1.75. The maximum absolute atomic E-state index is 13.8. The van der Waals surface area contributed by atoms with E-state index in [2.05, 4.69) is 15.3 Å². The van der Waals surface area contributed by atoms with Gasteiger partial charge in [-0.2, -0.15) is 0 Å². The third-order valence-electron chi connectivity index (χ3n) is 6.74. The molecular formula is C27H42N4O5. The molecule has 1 fully saturated rings. The molecule has 2 rings (SSSR count). The summed E-state index contributed by atoms with van der Waals surface area (Å²) in [7, 11) is 0. The maximum atomic E-state index is 13.8. The second-order valence-electron chi connectivity index (χ2n) is 10.2. The van der Waals surface area contributed by atoms with E-state index in [1.807, 2.05) is 41.5 Å². The van der Waals surface area contributed by atoms with Crippen LogP contribution in [0.4, 0.5) is 0 Å². The molecule has 4 atom stereocenters. The van der Waals surface area contributed by atoms with Gasteiger partial charge in [-0.05, 0) is 25.2 Å². The van der Waals surface area contributed by atoms with Crippen molar-refractivity contribution in [2.24, 2.45) is 17.8 Å². The Labute approximate surface area is 214 Å². The summed E-state index contributed by atoms with van der Waals surface area (Å²) in [6.07, 6.45) is 6.62. The summed E-state index contributed by atoms with van der Waals surface area (Å²) >= 11 is 0. The molecule has 2 heterocycles. The third kappa shape index (κ3) is 7.91. The predicted octanol–water partition coefficient (Wildman–Crippen LogP) is 3.23. The van der Waals surface area contributed by atoms with E-state index >= 15 is 0 Å². The Morgan fingerprint density at radius 2 is 1.83 bits per heavy atom. The fourth-order valence-electron chi connectivity index (χ4n) is 4.64. The van der Waals surface area contributed by atoms with Crippen molar-refractivity contribution >= 4 is 23.4 Å². The van der Waals surface area contributed by atoms with E-state index in [0.29, 0.717) is 26.0 Å². The third-order valence-corrected chi connectivity index (χ3v) is 6.74. The number of hydrogen-bond donors (Lipinski definition) is 1. The number of nitrogens with zero attached hydrogens (tertiary/aromatic N) is 3. The average molecular weight is 503 g/mol. The zero-order valence-electron chi connectivity index (χ0n) is 22.5. The Morgan fingerprint density at radius 1 is 1.11 bits per heavy atom. The van der Waals surface area contributed by atoms with Gasteiger partial charge in [-0.15, -0.1) is 0 Å². The van der Waals surface area contributed by atoms with Crippen molar-refractivity contribution < 1.29 is 23.9 Å². The molecule has 1 aliphatic heterocycles. The first-order chi connectivity index (χ1) is 17.1. The maximum Gasteiger partial charge on any atom is 0.272 e. The summed E-state index contributed by atoms with van der Waals surface area (Å²) in [5, 5.41) is 2.77. The van der Waals surface area contributed by atoms with Crippen molar-refractivity contribution in [2.45, 2.75) is 91.8 Å². The van der Waals surface area contributed by atoms with Crippen LogP contribution in [0.1, 0.15) is 84.1 Å². The molecule has 1 aromatic heterocycles. The van der Waals surface area contributed by atoms with E-state index in [-0.39, 0.29) is 47.5 Å². The number of nitrogens with one attached hydrogen (secondary N) is 1. The molecule has 0 aliphatic carbocycles. The Hall–Kier alpha value is -2.68. The molecule has 0 saturated carbocycles. The second-order valence-corrected chi connectivity index (χ2v) is 10.2. The number of amides is 2. The number of Topliss-reactive ketones (excluding diaryl/α,β-unsaturated/α-hetero) is 2. The molecule has 200 valence electrons. The lowest BCUT2D eigenvalue weighted by Crippen LogP contribution is -2.48. The van der Waals surface area contributed by atoms with Gasteiger partial charge in [0.05, 0.1) is 24.4 Å². The summed E-state index contributed by atoms with van der Waals surface area (Å²) in [4.78, 5) is 62.3. The van der Waals surface area contributed by atoms with Crippen LogP contribution >= 0.6 is 0 Å². The topological polar surface area (TPSA) is 119 Å². The highest BCUT2D eigenvalue weighted by Crippen LogP contribution is 2.29. The minimum atomic E-state index is -0.773. The Kier molecular flexibility index (Phi) is 11.6. The largest absolute Gasteiger partial charge is 0.377 e. The van der Waals surface area contributed by atoms with Crippen LogP contribution in [0.15, 0.2) is 18.6 Å². The lowest BCUT2D eigenvalue weighted by Gasteiger charge is -2.31. The van der Waals surface area contributed by atoms with E-state index < -0.39 is 23.9 Å². The normalized spacial score (nSPS) is 19.4. The fraction of sp³-hybridized carbons (Fsp3) is 0.704. The van der Waals surface area contributed by atoms with Crippen molar-refractivity contribution in [3.63, 3.8) is 0 Å². The monoisotopic (exact) mass is 502 g/mol. The quantitative estimate of drug-likeness (QED) is 0.415. The Balaban J connectivity index is 2.19. The lowest BCUT2D eigenvalue weighted by molar-refractivity contribution is -0.144. The highest BCUT2D eigenvalue weighted by molar-refractivity contribution is 5.98. The minimum absolute atomic E-state index is 0.0221. The molecule has 36 heavy (non-hydrogen) atoms. The molecule has 2 amide bonds. The minimum Gasteiger partial charge on any atom is -0.377 e. The molecule has 1 saturated heterocycles. The van der Waals surface area contributed by atoms with Gasteiger partial charge in [0.1, 0.15) is 5.69 Å². The summed E-state index contributed by atoms with van der Waals surface area (Å²) in [6.45, 7) is 12.3. The Morgan fingerprint density at radius 3 is 2.39 bits per heavy atom. The fourth-order valence-corrected chi connectivity index (χ4v) is 4.64. The van der Waals surface area contributed by atoms with Crippen molar-refractivity contribution in [1.82, 2.24) is 20.2 Å². The van der Waals surface area contributed by atoms with Crippen molar-refractivity contribution in [1.29, 1.82) is 0 Å². The van der Waals surface area contributed by atoms with Gasteiger partial charge in [-0.1, -0.05) is 41.0 Å². The first-order valence-corrected chi connectivity index (χ1v) is 13.1. The van der Waals surface area contributed by atoms with Crippen LogP contribution in [0.2, 0.25) is 0 Å². The van der Waals surface area contributed by atoms with Crippen LogP contribution < -0.4 is 5.32 Å². The van der Waals surface area contributed by atoms with E-state index in [1.165, 1.54) is 18.6 Å². The number of ketones is 2. The molecule has 9 heteroatoms. The first kappa shape index (κ1) is 29.5. The zero-order chi connectivity index (χ0) is 26.8. The molecular weight excluding hydrogens is 460 g/mol. The molecule has 0 radical (unpaired) electrons. The molecule has 0 spiro atoms. The number of rotatable bonds is 14. The summed E-state index contributed by atoms with van der Waals surface area (Å²) in [6, 6.07) is -1.29. The van der Waals surface area contributed by atoms with E-state index in [4.69, 9.17) is 4.74 Å². The van der Waals surface area contributed by atoms with Gasteiger partial charge < -0.3 is 15.0 Å². The molecule has 0 bridgehead atoms. The van der Waals surface area contributed by atoms with E-state index in [9.17, 15) is 19.2 Å². The number of ether oxygens (including phenoxy) is 1.